The van der Waals surface area contributed by atoms with Gasteiger partial charge in [0.1, 0.15) is 0 Å². The molecule has 0 saturated heterocycles. The van der Waals surface area contributed by atoms with Gasteiger partial charge in [-0.3, -0.25) is 9.52 Å². The molecule has 1 amide bonds. The van der Waals surface area contributed by atoms with Crippen molar-refractivity contribution >= 4 is 33.3 Å². The third kappa shape index (κ3) is 5.29. The number of benzene rings is 3. The molecule has 0 aromatic heterocycles. The number of carbonyl (C=O) groups excluding carboxylic acids is 2. The fraction of sp³-hybridized carbons (Fsp3) is 0.130. The monoisotopic (exact) mass is 438 g/mol. The van der Waals surface area contributed by atoms with E-state index >= 15 is 0 Å². The van der Waals surface area contributed by atoms with Crippen molar-refractivity contribution in [1.29, 1.82) is 0 Å². The molecule has 0 unspecified atom stereocenters. The largest absolute Gasteiger partial charge is 0.462 e. The Bertz CT molecular complexity index is 1190. The molecule has 3 aromatic carbocycles. The second kappa shape index (κ2) is 9.44. The Labute approximate surface area is 181 Å². The SMILES string of the molecule is CCOC(=O)c1ccc(NC(=O)c2cccc(NS(=O)(=O)c3ccccc3)c2C)cc1. The molecule has 160 valence electrons. The minimum absolute atomic E-state index is 0.131. The summed E-state index contributed by atoms with van der Waals surface area (Å²) in [6.07, 6.45) is 0. The molecule has 0 bridgehead atoms. The molecule has 0 radical (unpaired) electrons. The molecule has 0 spiro atoms. The fourth-order valence-electron chi connectivity index (χ4n) is 2.90. The highest BCUT2D eigenvalue weighted by Crippen LogP contribution is 2.23. The Morgan fingerprint density at radius 3 is 2.23 bits per heavy atom. The molecule has 0 fully saturated rings. The van der Waals surface area contributed by atoms with E-state index in [4.69, 9.17) is 4.74 Å². The molecule has 31 heavy (non-hydrogen) atoms. The van der Waals surface area contributed by atoms with Crippen LogP contribution in [0.5, 0.6) is 0 Å². The van der Waals surface area contributed by atoms with Gasteiger partial charge in [0.05, 0.1) is 22.8 Å². The zero-order valence-electron chi connectivity index (χ0n) is 17.1. The van der Waals surface area contributed by atoms with E-state index in [2.05, 4.69) is 10.0 Å². The lowest BCUT2D eigenvalue weighted by molar-refractivity contribution is 0.0526. The normalized spacial score (nSPS) is 10.9. The molecule has 0 atom stereocenters. The van der Waals surface area contributed by atoms with Crippen LogP contribution < -0.4 is 10.0 Å². The number of hydrogen-bond acceptors (Lipinski definition) is 5. The van der Waals surface area contributed by atoms with Crippen molar-refractivity contribution in [3.05, 3.63) is 89.5 Å². The molecule has 0 aliphatic rings. The van der Waals surface area contributed by atoms with Crippen molar-refractivity contribution < 1.29 is 22.7 Å². The molecule has 0 heterocycles. The van der Waals surface area contributed by atoms with Gasteiger partial charge in [0.15, 0.2) is 0 Å². The fourth-order valence-corrected chi connectivity index (χ4v) is 4.04. The summed E-state index contributed by atoms with van der Waals surface area (Å²) in [6.45, 7) is 3.67. The van der Waals surface area contributed by atoms with Gasteiger partial charge in [0.2, 0.25) is 0 Å². The topological polar surface area (TPSA) is 102 Å². The van der Waals surface area contributed by atoms with Crippen LogP contribution in [0.2, 0.25) is 0 Å². The van der Waals surface area contributed by atoms with Gasteiger partial charge in [-0.05, 0) is 67.9 Å². The first-order valence-electron chi connectivity index (χ1n) is 9.58. The first-order chi connectivity index (χ1) is 14.8. The van der Waals surface area contributed by atoms with Crippen molar-refractivity contribution in [2.45, 2.75) is 18.7 Å². The standard InChI is InChI=1S/C23H22N2O5S/c1-3-30-23(27)17-12-14-18(15-13-17)24-22(26)20-10-7-11-21(16(20)2)25-31(28,29)19-8-5-4-6-9-19/h4-15,25H,3H2,1-2H3,(H,24,26). The van der Waals surface area contributed by atoms with E-state index in [1.54, 1.807) is 74.5 Å². The third-order valence-electron chi connectivity index (χ3n) is 4.53. The molecule has 0 aliphatic carbocycles. The Balaban J connectivity index is 1.78. The molecule has 3 aromatic rings. The summed E-state index contributed by atoms with van der Waals surface area (Å²) in [6, 6.07) is 19.1. The molecule has 8 heteroatoms. The number of sulfonamides is 1. The van der Waals surface area contributed by atoms with Crippen LogP contribution in [0.3, 0.4) is 0 Å². The molecule has 3 rings (SSSR count). The summed E-state index contributed by atoms with van der Waals surface area (Å²) in [5.74, 6) is -0.836. The minimum Gasteiger partial charge on any atom is -0.462 e. The average molecular weight is 439 g/mol. The van der Waals surface area contributed by atoms with E-state index in [1.807, 2.05) is 0 Å². The van der Waals surface area contributed by atoms with Crippen LogP contribution in [0.15, 0.2) is 77.7 Å². The van der Waals surface area contributed by atoms with E-state index in [-0.39, 0.29) is 11.5 Å². The summed E-state index contributed by atoms with van der Waals surface area (Å²) in [4.78, 5) is 24.6. The molecule has 7 nitrogen and oxygen atoms in total. The summed E-state index contributed by atoms with van der Waals surface area (Å²) in [5, 5.41) is 2.75. The van der Waals surface area contributed by atoms with Gasteiger partial charge in [-0.1, -0.05) is 24.3 Å². The van der Waals surface area contributed by atoms with Crippen LogP contribution in [0.4, 0.5) is 11.4 Å². The van der Waals surface area contributed by atoms with Crippen molar-refractivity contribution in [2.75, 3.05) is 16.6 Å². The zero-order valence-corrected chi connectivity index (χ0v) is 17.9. The summed E-state index contributed by atoms with van der Waals surface area (Å²) >= 11 is 0. The highest BCUT2D eigenvalue weighted by atomic mass is 32.2. The van der Waals surface area contributed by atoms with Crippen molar-refractivity contribution in [2.24, 2.45) is 0 Å². The van der Waals surface area contributed by atoms with Crippen LogP contribution in [0.1, 0.15) is 33.2 Å². The van der Waals surface area contributed by atoms with Crippen LogP contribution in [0, 0.1) is 6.92 Å². The van der Waals surface area contributed by atoms with Crippen LogP contribution >= 0.6 is 0 Å². The van der Waals surface area contributed by atoms with E-state index in [0.29, 0.717) is 28.1 Å². The molecular weight excluding hydrogens is 416 g/mol. The third-order valence-corrected chi connectivity index (χ3v) is 5.91. The number of nitrogens with one attached hydrogen (secondary N) is 2. The highest BCUT2D eigenvalue weighted by Gasteiger charge is 2.18. The van der Waals surface area contributed by atoms with Gasteiger partial charge in [-0.2, -0.15) is 0 Å². The van der Waals surface area contributed by atoms with Gasteiger partial charge >= 0.3 is 5.97 Å². The van der Waals surface area contributed by atoms with Gasteiger partial charge in [0, 0.05) is 11.3 Å². The second-order valence-electron chi connectivity index (χ2n) is 6.65. The van der Waals surface area contributed by atoms with Crippen molar-refractivity contribution in [3.63, 3.8) is 0 Å². The van der Waals surface area contributed by atoms with Gasteiger partial charge < -0.3 is 10.1 Å². The highest BCUT2D eigenvalue weighted by molar-refractivity contribution is 7.92. The molecular formula is C23H22N2O5S. The lowest BCUT2D eigenvalue weighted by Crippen LogP contribution is -2.17. The lowest BCUT2D eigenvalue weighted by Gasteiger charge is -2.14. The lowest BCUT2D eigenvalue weighted by atomic mass is 10.1. The van der Waals surface area contributed by atoms with Crippen LogP contribution in [0.25, 0.3) is 0 Å². The maximum Gasteiger partial charge on any atom is 0.338 e. The van der Waals surface area contributed by atoms with Gasteiger partial charge in [0.25, 0.3) is 15.9 Å². The first-order valence-corrected chi connectivity index (χ1v) is 11.1. The van der Waals surface area contributed by atoms with Gasteiger partial charge in [-0.25, -0.2) is 13.2 Å². The summed E-state index contributed by atoms with van der Waals surface area (Å²) < 4.78 is 32.7. The predicted molar refractivity (Wildman–Crippen MR) is 119 cm³/mol. The molecule has 2 N–H and O–H groups in total. The Morgan fingerprint density at radius 1 is 0.903 bits per heavy atom. The maximum absolute atomic E-state index is 12.8. The van der Waals surface area contributed by atoms with E-state index < -0.39 is 21.9 Å². The number of rotatable bonds is 7. The summed E-state index contributed by atoms with van der Waals surface area (Å²) in [7, 11) is -3.78. The van der Waals surface area contributed by atoms with Crippen molar-refractivity contribution in [1.82, 2.24) is 0 Å². The second-order valence-corrected chi connectivity index (χ2v) is 8.33. The molecule has 0 aliphatic heterocycles. The quantitative estimate of drug-likeness (QED) is 0.538. The summed E-state index contributed by atoms with van der Waals surface area (Å²) in [5.41, 5.74) is 2.00. The first kappa shape index (κ1) is 22.0. The van der Waals surface area contributed by atoms with Crippen LogP contribution in [-0.4, -0.2) is 26.9 Å². The minimum atomic E-state index is -3.78. The Morgan fingerprint density at radius 2 is 1.58 bits per heavy atom. The number of carbonyl (C=O) groups is 2. The Hall–Kier alpha value is -3.65. The number of esters is 1. The van der Waals surface area contributed by atoms with Crippen LogP contribution in [-0.2, 0) is 14.8 Å². The predicted octanol–water partition coefficient (Wildman–Crippen LogP) is 4.22. The molecule has 0 saturated carbocycles. The number of anilines is 2. The van der Waals surface area contributed by atoms with Gasteiger partial charge in [-0.15, -0.1) is 0 Å². The van der Waals surface area contributed by atoms with E-state index in [9.17, 15) is 18.0 Å². The maximum atomic E-state index is 12.8. The number of amides is 1. The zero-order chi connectivity index (χ0) is 22.4. The Kier molecular flexibility index (Phi) is 6.71. The number of ether oxygens (including phenoxy) is 1. The number of hydrogen-bond donors (Lipinski definition) is 2. The van der Waals surface area contributed by atoms with E-state index in [0.717, 1.165) is 0 Å². The van der Waals surface area contributed by atoms with Crippen molar-refractivity contribution in [3.8, 4) is 0 Å². The van der Waals surface area contributed by atoms with E-state index in [1.165, 1.54) is 12.1 Å². The average Bonchev–Trinajstić information content (AvgIpc) is 2.76. The smallest absolute Gasteiger partial charge is 0.338 e.